The molecule has 0 aliphatic rings. The van der Waals surface area contributed by atoms with E-state index >= 15 is 0 Å². The second-order valence-electron chi connectivity index (χ2n) is 5.90. The predicted molar refractivity (Wildman–Crippen MR) is 87.9 cm³/mol. The van der Waals surface area contributed by atoms with Gasteiger partial charge in [-0.25, -0.2) is 13.1 Å². The van der Waals surface area contributed by atoms with Crippen molar-refractivity contribution >= 4 is 10.0 Å². The van der Waals surface area contributed by atoms with E-state index in [1.165, 1.54) is 0 Å². The minimum Gasteiger partial charge on any atom is -0.317 e. The van der Waals surface area contributed by atoms with Crippen molar-refractivity contribution < 1.29 is 8.42 Å². The Balaban J connectivity index is 2.66. The van der Waals surface area contributed by atoms with E-state index in [2.05, 4.69) is 30.8 Å². The van der Waals surface area contributed by atoms with Gasteiger partial charge >= 0.3 is 0 Å². The van der Waals surface area contributed by atoms with Gasteiger partial charge in [0.15, 0.2) is 0 Å². The van der Waals surface area contributed by atoms with Gasteiger partial charge in [0.25, 0.3) is 0 Å². The van der Waals surface area contributed by atoms with Crippen molar-refractivity contribution in [3.8, 4) is 0 Å². The minimum atomic E-state index is -3.41. The molecule has 0 amide bonds. The zero-order valence-electron chi connectivity index (χ0n) is 13.5. The molecule has 1 unspecified atom stereocenters. The van der Waals surface area contributed by atoms with Crippen LogP contribution in [-0.4, -0.2) is 27.5 Å². The monoisotopic (exact) mass is 312 g/mol. The average molecular weight is 312 g/mol. The van der Waals surface area contributed by atoms with Gasteiger partial charge in [-0.2, -0.15) is 0 Å². The van der Waals surface area contributed by atoms with E-state index in [0.29, 0.717) is 10.8 Å². The standard InChI is InChI=1S/C16H28N2O2S/c1-5-17-11-10-15-6-8-16(9-7-15)21(19,20)18-14(4)12-13(2)3/h6-9,13-14,17-18H,5,10-12H2,1-4H3. The highest BCUT2D eigenvalue weighted by atomic mass is 32.2. The molecule has 2 N–H and O–H groups in total. The third-order valence-electron chi connectivity index (χ3n) is 3.26. The predicted octanol–water partition coefficient (Wildman–Crippen LogP) is 2.55. The van der Waals surface area contributed by atoms with Crippen LogP contribution in [0.2, 0.25) is 0 Å². The molecule has 1 atom stereocenters. The summed E-state index contributed by atoms with van der Waals surface area (Å²) in [6, 6.07) is 7.10. The second-order valence-corrected chi connectivity index (χ2v) is 7.61. The van der Waals surface area contributed by atoms with E-state index in [0.717, 1.165) is 31.5 Å². The van der Waals surface area contributed by atoms with Crippen LogP contribution in [0.25, 0.3) is 0 Å². The van der Waals surface area contributed by atoms with Crippen molar-refractivity contribution in [1.29, 1.82) is 0 Å². The maximum atomic E-state index is 12.3. The third-order valence-corrected chi connectivity index (χ3v) is 4.86. The van der Waals surface area contributed by atoms with Gasteiger partial charge in [-0.1, -0.05) is 32.9 Å². The first-order valence-corrected chi connectivity index (χ1v) is 9.15. The minimum absolute atomic E-state index is 0.0524. The fourth-order valence-corrected chi connectivity index (χ4v) is 3.59. The molecule has 0 fully saturated rings. The second kappa shape index (κ2) is 8.51. The van der Waals surface area contributed by atoms with E-state index in [4.69, 9.17) is 0 Å². The van der Waals surface area contributed by atoms with Crippen molar-refractivity contribution in [2.24, 2.45) is 5.92 Å². The molecular formula is C16H28N2O2S. The molecule has 0 spiro atoms. The molecule has 1 aromatic rings. The van der Waals surface area contributed by atoms with Gasteiger partial charge < -0.3 is 5.32 Å². The van der Waals surface area contributed by atoms with Gasteiger partial charge in [0.1, 0.15) is 0 Å². The lowest BCUT2D eigenvalue weighted by molar-refractivity contribution is 0.482. The molecule has 0 radical (unpaired) electrons. The molecule has 0 bridgehead atoms. The summed E-state index contributed by atoms with van der Waals surface area (Å²) >= 11 is 0. The molecule has 0 aliphatic carbocycles. The van der Waals surface area contributed by atoms with Gasteiger partial charge in [-0.3, -0.25) is 0 Å². The van der Waals surface area contributed by atoms with Crippen LogP contribution >= 0.6 is 0 Å². The van der Waals surface area contributed by atoms with Gasteiger partial charge in [0, 0.05) is 6.04 Å². The number of sulfonamides is 1. The van der Waals surface area contributed by atoms with Crippen LogP contribution in [0.1, 0.15) is 39.7 Å². The van der Waals surface area contributed by atoms with E-state index < -0.39 is 10.0 Å². The molecule has 21 heavy (non-hydrogen) atoms. The Labute approximate surface area is 129 Å². The number of hydrogen-bond donors (Lipinski definition) is 2. The molecule has 120 valence electrons. The lowest BCUT2D eigenvalue weighted by Crippen LogP contribution is -2.33. The Hall–Kier alpha value is -0.910. The summed E-state index contributed by atoms with van der Waals surface area (Å²) in [5.41, 5.74) is 1.14. The summed E-state index contributed by atoms with van der Waals surface area (Å²) in [7, 11) is -3.41. The number of rotatable bonds is 9. The van der Waals surface area contributed by atoms with Crippen LogP contribution in [0.4, 0.5) is 0 Å². The van der Waals surface area contributed by atoms with Crippen LogP contribution < -0.4 is 10.0 Å². The maximum Gasteiger partial charge on any atom is 0.240 e. The zero-order chi connectivity index (χ0) is 15.9. The largest absolute Gasteiger partial charge is 0.317 e. The first kappa shape index (κ1) is 18.1. The van der Waals surface area contributed by atoms with Gasteiger partial charge in [0.2, 0.25) is 10.0 Å². The van der Waals surface area contributed by atoms with Crippen molar-refractivity contribution in [3.63, 3.8) is 0 Å². The SMILES string of the molecule is CCNCCc1ccc(S(=O)(=O)NC(C)CC(C)C)cc1. The van der Waals surface area contributed by atoms with Crippen LogP contribution in [0.5, 0.6) is 0 Å². The van der Waals surface area contributed by atoms with E-state index in [-0.39, 0.29) is 6.04 Å². The van der Waals surface area contributed by atoms with Crippen LogP contribution in [0, 0.1) is 5.92 Å². The Kier molecular flexibility index (Phi) is 7.35. The summed E-state index contributed by atoms with van der Waals surface area (Å²) in [4.78, 5) is 0.338. The Bertz CT molecular complexity index is 510. The highest BCUT2D eigenvalue weighted by Gasteiger charge is 2.17. The van der Waals surface area contributed by atoms with Crippen LogP contribution in [0.3, 0.4) is 0 Å². The molecule has 0 saturated heterocycles. The van der Waals surface area contributed by atoms with Crippen LogP contribution in [-0.2, 0) is 16.4 Å². The molecule has 0 saturated carbocycles. The highest BCUT2D eigenvalue weighted by molar-refractivity contribution is 7.89. The molecule has 4 nitrogen and oxygen atoms in total. The highest BCUT2D eigenvalue weighted by Crippen LogP contribution is 2.13. The first-order valence-electron chi connectivity index (χ1n) is 7.67. The molecule has 0 aromatic heterocycles. The number of hydrogen-bond acceptors (Lipinski definition) is 3. The lowest BCUT2D eigenvalue weighted by atomic mass is 10.1. The van der Waals surface area contributed by atoms with Crippen molar-refractivity contribution in [2.45, 2.75) is 51.5 Å². The third kappa shape index (κ3) is 6.59. The summed E-state index contributed by atoms with van der Waals surface area (Å²) in [5, 5.41) is 3.26. The van der Waals surface area contributed by atoms with E-state index in [1.807, 2.05) is 19.1 Å². The fraction of sp³-hybridized carbons (Fsp3) is 0.625. The van der Waals surface area contributed by atoms with Crippen molar-refractivity contribution in [3.05, 3.63) is 29.8 Å². The molecule has 0 heterocycles. The molecule has 5 heteroatoms. The summed E-state index contributed by atoms with van der Waals surface area (Å²) in [5.74, 6) is 0.469. The molecule has 1 rings (SSSR count). The summed E-state index contributed by atoms with van der Waals surface area (Å²) in [6.45, 7) is 10.0. The number of nitrogens with one attached hydrogen (secondary N) is 2. The smallest absolute Gasteiger partial charge is 0.240 e. The Morgan fingerprint density at radius 2 is 1.71 bits per heavy atom. The molecule has 1 aromatic carbocycles. The zero-order valence-corrected chi connectivity index (χ0v) is 14.3. The Morgan fingerprint density at radius 3 is 2.24 bits per heavy atom. The van der Waals surface area contributed by atoms with Crippen molar-refractivity contribution in [1.82, 2.24) is 10.0 Å². The first-order chi connectivity index (χ1) is 9.85. The van der Waals surface area contributed by atoms with E-state index in [1.54, 1.807) is 12.1 Å². The summed E-state index contributed by atoms with van der Waals surface area (Å²) < 4.78 is 27.3. The quantitative estimate of drug-likeness (QED) is 0.689. The maximum absolute atomic E-state index is 12.3. The fourth-order valence-electron chi connectivity index (χ4n) is 2.33. The lowest BCUT2D eigenvalue weighted by Gasteiger charge is -2.16. The number of likely N-dealkylation sites (N-methyl/N-ethyl adjacent to an activating group) is 1. The van der Waals surface area contributed by atoms with Gasteiger partial charge in [0.05, 0.1) is 4.90 Å². The average Bonchev–Trinajstić information content (AvgIpc) is 2.38. The van der Waals surface area contributed by atoms with Gasteiger partial charge in [-0.15, -0.1) is 0 Å². The summed E-state index contributed by atoms with van der Waals surface area (Å²) in [6.07, 6.45) is 1.74. The number of benzene rings is 1. The Morgan fingerprint density at radius 1 is 1.10 bits per heavy atom. The molecular weight excluding hydrogens is 284 g/mol. The van der Waals surface area contributed by atoms with E-state index in [9.17, 15) is 8.42 Å². The molecule has 0 aliphatic heterocycles. The van der Waals surface area contributed by atoms with Crippen molar-refractivity contribution in [2.75, 3.05) is 13.1 Å². The normalized spacial score (nSPS) is 13.6. The van der Waals surface area contributed by atoms with Crippen LogP contribution in [0.15, 0.2) is 29.2 Å². The topological polar surface area (TPSA) is 58.2 Å². The van der Waals surface area contributed by atoms with Gasteiger partial charge in [-0.05, 0) is 56.5 Å².